The lowest BCUT2D eigenvalue weighted by atomic mass is 10.1. The van der Waals surface area contributed by atoms with Crippen LogP contribution in [0.25, 0.3) is 0 Å². The number of nitrogens with zero attached hydrogens (tertiary/aromatic N) is 2. The van der Waals surface area contributed by atoms with Gasteiger partial charge >= 0.3 is 12.2 Å². The third kappa shape index (κ3) is 6.25. The smallest absolute Gasteiger partial charge is 0.345 e. The molecule has 0 fully saturated rings. The molecule has 0 bridgehead atoms. The minimum absolute atomic E-state index is 0.240. The molecule has 0 saturated carbocycles. The summed E-state index contributed by atoms with van der Waals surface area (Å²) >= 11 is 0. The SMILES string of the molecule is C=CCN(Cc1cccn1Cc1cccc(C(F)(F)F)c1)C(=O)NCc1ccccc1. The molecule has 1 aromatic heterocycles. The fraction of sp³-hybridized carbons (Fsp3) is 0.208. The van der Waals surface area contributed by atoms with Crippen molar-refractivity contribution in [1.82, 2.24) is 14.8 Å². The summed E-state index contributed by atoms with van der Waals surface area (Å²) in [6.45, 7) is 5.04. The lowest BCUT2D eigenvalue weighted by Crippen LogP contribution is -2.39. The van der Waals surface area contributed by atoms with Crippen molar-refractivity contribution in [2.24, 2.45) is 0 Å². The van der Waals surface area contributed by atoms with E-state index in [1.165, 1.54) is 6.07 Å². The van der Waals surface area contributed by atoms with Crippen LogP contribution < -0.4 is 5.32 Å². The van der Waals surface area contributed by atoms with Crippen LogP contribution in [0.2, 0.25) is 0 Å². The van der Waals surface area contributed by atoms with Crippen LogP contribution >= 0.6 is 0 Å². The molecule has 0 spiro atoms. The Morgan fingerprint density at radius 2 is 1.77 bits per heavy atom. The van der Waals surface area contributed by atoms with Crippen molar-refractivity contribution in [2.75, 3.05) is 6.54 Å². The van der Waals surface area contributed by atoms with Crippen LogP contribution in [0.1, 0.15) is 22.4 Å². The van der Waals surface area contributed by atoms with Gasteiger partial charge in [0.2, 0.25) is 0 Å². The number of hydrogen-bond acceptors (Lipinski definition) is 1. The van der Waals surface area contributed by atoms with Gasteiger partial charge in [-0.05, 0) is 35.4 Å². The zero-order chi connectivity index (χ0) is 22.3. The molecule has 1 N–H and O–H groups in total. The van der Waals surface area contributed by atoms with Crippen LogP contribution in [0.15, 0.2) is 85.6 Å². The summed E-state index contributed by atoms with van der Waals surface area (Å²) in [6.07, 6.45) is -0.946. The summed E-state index contributed by atoms with van der Waals surface area (Å²) in [5.74, 6) is 0. The van der Waals surface area contributed by atoms with Gasteiger partial charge in [0.25, 0.3) is 0 Å². The Bertz CT molecular complexity index is 1010. The molecule has 162 valence electrons. The van der Waals surface area contributed by atoms with Gasteiger partial charge in [0, 0.05) is 31.5 Å². The number of aromatic nitrogens is 1. The zero-order valence-electron chi connectivity index (χ0n) is 17.0. The summed E-state index contributed by atoms with van der Waals surface area (Å²) < 4.78 is 40.8. The number of carbonyl (C=O) groups is 1. The number of benzene rings is 2. The molecule has 3 rings (SSSR count). The first kappa shape index (κ1) is 22.2. The van der Waals surface area contributed by atoms with Gasteiger partial charge in [-0.25, -0.2) is 4.79 Å². The third-order valence-corrected chi connectivity index (χ3v) is 4.81. The van der Waals surface area contributed by atoms with E-state index in [0.717, 1.165) is 23.4 Å². The van der Waals surface area contributed by atoms with Crippen molar-refractivity contribution in [3.05, 3.63) is 108 Å². The summed E-state index contributed by atoms with van der Waals surface area (Å²) in [6, 6.07) is 18.3. The Kier molecular flexibility index (Phi) is 7.18. The second-order valence-electron chi connectivity index (χ2n) is 7.14. The monoisotopic (exact) mass is 427 g/mol. The van der Waals surface area contributed by atoms with Gasteiger partial charge < -0.3 is 14.8 Å². The molecule has 2 amide bonds. The Labute approximate surface area is 179 Å². The van der Waals surface area contributed by atoms with E-state index in [4.69, 9.17) is 0 Å². The first-order valence-corrected chi connectivity index (χ1v) is 9.84. The average molecular weight is 427 g/mol. The average Bonchev–Trinajstić information content (AvgIpc) is 3.18. The van der Waals surface area contributed by atoms with Gasteiger partial charge in [0.1, 0.15) is 0 Å². The first-order chi connectivity index (χ1) is 14.9. The van der Waals surface area contributed by atoms with Crippen LogP contribution in [0.3, 0.4) is 0 Å². The number of alkyl halides is 3. The topological polar surface area (TPSA) is 37.3 Å². The Morgan fingerprint density at radius 1 is 1.03 bits per heavy atom. The maximum atomic E-state index is 13.0. The summed E-state index contributed by atoms with van der Waals surface area (Å²) in [4.78, 5) is 14.3. The van der Waals surface area contributed by atoms with E-state index in [1.807, 2.05) is 47.0 Å². The van der Waals surface area contributed by atoms with Gasteiger partial charge in [0.05, 0.1) is 12.1 Å². The number of nitrogens with one attached hydrogen (secondary N) is 1. The molecule has 31 heavy (non-hydrogen) atoms. The number of urea groups is 1. The highest BCUT2D eigenvalue weighted by atomic mass is 19.4. The summed E-state index contributed by atoms with van der Waals surface area (Å²) in [5, 5.41) is 2.89. The van der Waals surface area contributed by atoms with Crippen molar-refractivity contribution in [1.29, 1.82) is 0 Å². The molecule has 3 aromatic rings. The van der Waals surface area contributed by atoms with Crippen molar-refractivity contribution in [3.63, 3.8) is 0 Å². The minimum atomic E-state index is -4.38. The number of rotatable bonds is 8. The van der Waals surface area contributed by atoms with E-state index in [2.05, 4.69) is 11.9 Å². The van der Waals surface area contributed by atoms with Gasteiger partial charge in [0.15, 0.2) is 0 Å². The molecular weight excluding hydrogens is 403 g/mol. The lowest BCUT2D eigenvalue weighted by Gasteiger charge is -2.23. The van der Waals surface area contributed by atoms with Gasteiger partial charge in [-0.2, -0.15) is 13.2 Å². The van der Waals surface area contributed by atoms with Crippen LogP contribution in [0.4, 0.5) is 18.0 Å². The van der Waals surface area contributed by atoms with Crippen LogP contribution in [0, 0.1) is 0 Å². The molecule has 0 atom stereocenters. The zero-order valence-corrected chi connectivity index (χ0v) is 17.0. The van der Waals surface area contributed by atoms with Gasteiger partial charge in [-0.3, -0.25) is 0 Å². The number of hydrogen-bond donors (Lipinski definition) is 1. The summed E-state index contributed by atoms with van der Waals surface area (Å²) in [5.41, 5.74) is 1.67. The molecule has 0 radical (unpaired) electrons. The van der Waals surface area contributed by atoms with E-state index < -0.39 is 11.7 Å². The molecule has 0 aliphatic carbocycles. The predicted octanol–water partition coefficient (Wildman–Crippen LogP) is 5.45. The number of carbonyl (C=O) groups excluding carboxylic acids is 1. The van der Waals surface area contributed by atoms with E-state index in [1.54, 1.807) is 23.2 Å². The summed E-state index contributed by atoms with van der Waals surface area (Å²) in [7, 11) is 0. The third-order valence-electron chi connectivity index (χ3n) is 4.81. The fourth-order valence-electron chi connectivity index (χ4n) is 3.25. The minimum Gasteiger partial charge on any atom is -0.345 e. The van der Waals surface area contributed by atoms with Crippen LogP contribution in [-0.4, -0.2) is 22.0 Å². The Morgan fingerprint density at radius 3 is 2.48 bits per heavy atom. The highest BCUT2D eigenvalue weighted by Gasteiger charge is 2.30. The number of amides is 2. The first-order valence-electron chi connectivity index (χ1n) is 9.84. The maximum absolute atomic E-state index is 13.0. The molecule has 4 nitrogen and oxygen atoms in total. The largest absolute Gasteiger partial charge is 0.416 e. The van der Waals surface area contributed by atoms with E-state index in [-0.39, 0.29) is 12.6 Å². The van der Waals surface area contributed by atoms with E-state index in [9.17, 15) is 18.0 Å². The van der Waals surface area contributed by atoms with Gasteiger partial charge in [-0.1, -0.05) is 48.5 Å². The second-order valence-corrected chi connectivity index (χ2v) is 7.14. The quantitative estimate of drug-likeness (QED) is 0.477. The van der Waals surface area contributed by atoms with E-state index >= 15 is 0 Å². The lowest BCUT2D eigenvalue weighted by molar-refractivity contribution is -0.137. The molecule has 0 aliphatic rings. The van der Waals surface area contributed by atoms with E-state index in [0.29, 0.717) is 25.2 Å². The molecule has 0 aliphatic heterocycles. The molecule has 0 saturated heterocycles. The fourth-order valence-corrected chi connectivity index (χ4v) is 3.25. The molecule has 1 heterocycles. The predicted molar refractivity (Wildman–Crippen MR) is 114 cm³/mol. The Balaban J connectivity index is 1.69. The molecule has 0 unspecified atom stereocenters. The second kappa shape index (κ2) is 10.0. The van der Waals surface area contributed by atoms with Crippen molar-refractivity contribution >= 4 is 6.03 Å². The highest BCUT2D eigenvalue weighted by molar-refractivity contribution is 5.74. The number of halogens is 3. The van der Waals surface area contributed by atoms with Crippen LogP contribution in [0.5, 0.6) is 0 Å². The Hall–Kier alpha value is -3.48. The highest BCUT2D eigenvalue weighted by Crippen LogP contribution is 2.29. The maximum Gasteiger partial charge on any atom is 0.416 e. The molecular formula is C24H24F3N3O. The molecule has 2 aromatic carbocycles. The molecule has 7 heteroatoms. The van der Waals surface area contributed by atoms with Crippen molar-refractivity contribution in [2.45, 2.75) is 25.8 Å². The van der Waals surface area contributed by atoms with Crippen molar-refractivity contribution in [3.8, 4) is 0 Å². The normalized spacial score (nSPS) is 11.2. The standard InChI is InChI=1S/C24H24F3N3O/c1-2-13-30(23(31)28-16-19-8-4-3-5-9-19)18-22-12-7-14-29(22)17-20-10-6-11-21(15-20)24(25,26)27/h2-12,14-15H,1,13,16-18H2,(H,28,31). The van der Waals surface area contributed by atoms with Crippen LogP contribution in [-0.2, 0) is 25.8 Å². The van der Waals surface area contributed by atoms with Gasteiger partial charge in [-0.15, -0.1) is 6.58 Å². The van der Waals surface area contributed by atoms with Crippen molar-refractivity contribution < 1.29 is 18.0 Å².